The fourth-order valence-electron chi connectivity index (χ4n) is 1.85. The molecule has 16 heavy (non-hydrogen) atoms. The molecule has 0 aromatic carbocycles. The SMILES string of the molecule is CCN1C=CC(C(=O)OC)(C(C)(C)C)C=C1. The molecule has 0 fully saturated rings. The Morgan fingerprint density at radius 1 is 1.31 bits per heavy atom. The predicted molar refractivity (Wildman–Crippen MR) is 64.6 cm³/mol. The minimum absolute atomic E-state index is 0.201. The highest BCUT2D eigenvalue weighted by atomic mass is 16.5. The molecule has 0 amide bonds. The zero-order valence-electron chi connectivity index (χ0n) is 10.8. The second-order valence-electron chi connectivity index (χ2n) is 5.07. The molecule has 0 aromatic heterocycles. The molecular weight excluding hydrogens is 202 g/mol. The summed E-state index contributed by atoms with van der Waals surface area (Å²) < 4.78 is 4.93. The number of carbonyl (C=O) groups is 1. The van der Waals surface area contributed by atoms with Crippen molar-refractivity contribution in [2.45, 2.75) is 27.7 Å². The standard InChI is InChI=1S/C13H21NO2/c1-6-14-9-7-13(8-10-14,11(15)16-5)12(2,3)4/h7-10H,6H2,1-5H3. The normalized spacial score (nSPS) is 18.7. The van der Waals surface area contributed by atoms with Gasteiger partial charge in [-0.2, -0.15) is 0 Å². The first-order valence-corrected chi connectivity index (χ1v) is 5.60. The average Bonchev–Trinajstić information content (AvgIpc) is 2.26. The molecule has 1 heterocycles. The highest BCUT2D eigenvalue weighted by Crippen LogP contribution is 2.44. The molecule has 0 aromatic rings. The Hall–Kier alpha value is -1.25. The maximum absolute atomic E-state index is 12.0. The smallest absolute Gasteiger partial charge is 0.320 e. The molecule has 0 atom stereocenters. The molecule has 0 aliphatic carbocycles. The van der Waals surface area contributed by atoms with Gasteiger partial charge in [0.15, 0.2) is 0 Å². The molecule has 3 heteroatoms. The van der Waals surface area contributed by atoms with Gasteiger partial charge in [-0.15, -0.1) is 0 Å². The van der Waals surface area contributed by atoms with Crippen molar-refractivity contribution in [3.8, 4) is 0 Å². The van der Waals surface area contributed by atoms with E-state index in [1.807, 2.05) is 50.2 Å². The summed E-state index contributed by atoms with van der Waals surface area (Å²) in [5.41, 5.74) is -0.861. The first-order valence-electron chi connectivity index (χ1n) is 5.60. The quantitative estimate of drug-likeness (QED) is 0.674. The van der Waals surface area contributed by atoms with E-state index in [2.05, 4.69) is 6.92 Å². The molecule has 0 N–H and O–H groups in total. The van der Waals surface area contributed by atoms with Crippen LogP contribution in [0.2, 0.25) is 0 Å². The molecule has 0 bridgehead atoms. The number of methoxy groups -OCH3 is 1. The zero-order chi connectivity index (χ0) is 12.4. The van der Waals surface area contributed by atoms with Crippen molar-refractivity contribution in [3.05, 3.63) is 24.6 Å². The number of rotatable bonds is 2. The Bertz CT molecular complexity index is 309. The molecular formula is C13H21NO2. The summed E-state index contributed by atoms with van der Waals surface area (Å²) in [6, 6.07) is 0. The topological polar surface area (TPSA) is 29.5 Å². The van der Waals surface area contributed by atoms with Crippen LogP contribution in [-0.4, -0.2) is 24.5 Å². The Balaban J connectivity index is 3.11. The lowest BCUT2D eigenvalue weighted by atomic mass is 9.66. The van der Waals surface area contributed by atoms with Crippen LogP contribution in [0.4, 0.5) is 0 Å². The molecule has 0 spiro atoms. The largest absolute Gasteiger partial charge is 0.468 e. The van der Waals surface area contributed by atoms with Crippen LogP contribution < -0.4 is 0 Å². The van der Waals surface area contributed by atoms with Crippen LogP contribution in [0, 0.1) is 10.8 Å². The van der Waals surface area contributed by atoms with Gasteiger partial charge in [0.05, 0.1) is 7.11 Å². The van der Waals surface area contributed by atoms with E-state index < -0.39 is 5.41 Å². The van der Waals surface area contributed by atoms with Crippen LogP contribution in [0.5, 0.6) is 0 Å². The van der Waals surface area contributed by atoms with Crippen molar-refractivity contribution in [3.63, 3.8) is 0 Å². The van der Waals surface area contributed by atoms with Gasteiger partial charge in [-0.3, -0.25) is 4.79 Å². The minimum atomic E-state index is -0.659. The van der Waals surface area contributed by atoms with Gasteiger partial charge in [-0.1, -0.05) is 20.8 Å². The van der Waals surface area contributed by atoms with Crippen molar-refractivity contribution in [1.82, 2.24) is 4.90 Å². The molecule has 0 radical (unpaired) electrons. The molecule has 1 aliphatic heterocycles. The van der Waals surface area contributed by atoms with E-state index in [9.17, 15) is 4.79 Å². The van der Waals surface area contributed by atoms with Crippen LogP contribution >= 0.6 is 0 Å². The van der Waals surface area contributed by atoms with Crippen LogP contribution in [0.1, 0.15) is 27.7 Å². The predicted octanol–water partition coefficient (Wildman–Crippen LogP) is 2.55. The summed E-state index contributed by atoms with van der Waals surface area (Å²) in [4.78, 5) is 14.0. The number of esters is 1. The first kappa shape index (κ1) is 12.8. The van der Waals surface area contributed by atoms with E-state index >= 15 is 0 Å². The summed E-state index contributed by atoms with van der Waals surface area (Å²) >= 11 is 0. The lowest BCUT2D eigenvalue weighted by molar-refractivity contribution is -0.152. The number of carbonyl (C=O) groups excluding carboxylic acids is 1. The number of nitrogens with zero attached hydrogens (tertiary/aromatic N) is 1. The summed E-state index contributed by atoms with van der Waals surface area (Å²) in [6.45, 7) is 9.09. The van der Waals surface area contributed by atoms with E-state index in [4.69, 9.17) is 4.74 Å². The van der Waals surface area contributed by atoms with Crippen LogP contribution in [0.25, 0.3) is 0 Å². The van der Waals surface area contributed by atoms with Gasteiger partial charge in [-0.05, 0) is 24.5 Å². The fraction of sp³-hybridized carbons (Fsp3) is 0.615. The lowest BCUT2D eigenvalue weighted by Crippen LogP contribution is -2.42. The van der Waals surface area contributed by atoms with Crippen molar-refractivity contribution in [2.75, 3.05) is 13.7 Å². The molecule has 3 nitrogen and oxygen atoms in total. The van der Waals surface area contributed by atoms with E-state index in [-0.39, 0.29) is 11.4 Å². The number of hydrogen-bond acceptors (Lipinski definition) is 3. The van der Waals surface area contributed by atoms with Gasteiger partial charge >= 0.3 is 5.97 Å². The third-order valence-electron chi connectivity index (χ3n) is 3.19. The lowest BCUT2D eigenvalue weighted by Gasteiger charge is -2.40. The zero-order valence-corrected chi connectivity index (χ0v) is 10.8. The fourth-order valence-corrected chi connectivity index (χ4v) is 1.85. The van der Waals surface area contributed by atoms with E-state index in [0.29, 0.717) is 0 Å². The molecule has 1 aliphatic rings. The minimum Gasteiger partial charge on any atom is -0.468 e. The number of hydrogen-bond donors (Lipinski definition) is 0. The van der Waals surface area contributed by atoms with Gasteiger partial charge in [0.25, 0.3) is 0 Å². The van der Waals surface area contributed by atoms with Crippen LogP contribution in [-0.2, 0) is 9.53 Å². The van der Waals surface area contributed by atoms with Crippen molar-refractivity contribution >= 4 is 5.97 Å². The Labute approximate surface area is 97.8 Å². The maximum Gasteiger partial charge on any atom is 0.320 e. The first-order chi connectivity index (χ1) is 7.37. The second kappa shape index (κ2) is 4.32. The molecule has 90 valence electrons. The van der Waals surface area contributed by atoms with Crippen LogP contribution in [0.3, 0.4) is 0 Å². The van der Waals surface area contributed by atoms with Crippen molar-refractivity contribution < 1.29 is 9.53 Å². The second-order valence-corrected chi connectivity index (χ2v) is 5.07. The Morgan fingerprint density at radius 3 is 2.12 bits per heavy atom. The third-order valence-corrected chi connectivity index (χ3v) is 3.19. The molecule has 0 unspecified atom stereocenters. The Morgan fingerprint density at radius 2 is 1.81 bits per heavy atom. The van der Waals surface area contributed by atoms with E-state index in [1.54, 1.807) is 0 Å². The summed E-state index contributed by atoms with van der Waals surface area (Å²) in [7, 11) is 1.43. The van der Waals surface area contributed by atoms with Gasteiger partial charge in [0.2, 0.25) is 0 Å². The average molecular weight is 223 g/mol. The van der Waals surface area contributed by atoms with Crippen molar-refractivity contribution in [1.29, 1.82) is 0 Å². The van der Waals surface area contributed by atoms with Crippen LogP contribution in [0.15, 0.2) is 24.6 Å². The molecule has 0 saturated heterocycles. The van der Waals surface area contributed by atoms with Gasteiger partial charge in [0.1, 0.15) is 5.41 Å². The summed E-state index contributed by atoms with van der Waals surface area (Å²) in [5, 5.41) is 0. The molecule has 1 rings (SSSR count). The highest BCUT2D eigenvalue weighted by molar-refractivity contribution is 5.82. The maximum atomic E-state index is 12.0. The van der Waals surface area contributed by atoms with E-state index in [1.165, 1.54) is 7.11 Å². The number of ether oxygens (including phenoxy) is 1. The summed E-state index contributed by atoms with van der Waals surface area (Å²) in [5.74, 6) is -0.205. The third kappa shape index (κ3) is 1.99. The van der Waals surface area contributed by atoms with Crippen molar-refractivity contribution in [2.24, 2.45) is 10.8 Å². The molecule has 0 saturated carbocycles. The highest BCUT2D eigenvalue weighted by Gasteiger charge is 2.46. The Kier molecular flexibility index (Phi) is 3.46. The van der Waals surface area contributed by atoms with Gasteiger partial charge in [0, 0.05) is 18.9 Å². The van der Waals surface area contributed by atoms with E-state index in [0.717, 1.165) is 6.54 Å². The van der Waals surface area contributed by atoms with Gasteiger partial charge in [-0.25, -0.2) is 0 Å². The van der Waals surface area contributed by atoms with Gasteiger partial charge < -0.3 is 9.64 Å². The summed E-state index contributed by atoms with van der Waals surface area (Å²) in [6.07, 6.45) is 7.76. The monoisotopic (exact) mass is 223 g/mol.